The smallest absolute Gasteiger partial charge is 0.188 e. The number of hydrogen-bond donors (Lipinski definition) is 1. The van der Waals surface area contributed by atoms with Crippen molar-refractivity contribution in [1.82, 2.24) is 15.0 Å². The van der Waals surface area contributed by atoms with Crippen LogP contribution in [-0.4, -0.2) is 47.8 Å². The lowest BCUT2D eigenvalue weighted by atomic mass is 10.0. The summed E-state index contributed by atoms with van der Waals surface area (Å²) in [5, 5.41) is 2.03. The quantitative estimate of drug-likeness (QED) is 0.547. The number of morpholine rings is 1. The van der Waals surface area contributed by atoms with Gasteiger partial charge in [-0.15, -0.1) is 0 Å². The van der Waals surface area contributed by atoms with E-state index >= 15 is 0 Å². The number of nitrogens with one attached hydrogen (secondary N) is 1. The second-order valence-corrected chi connectivity index (χ2v) is 8.56. The fraction of sp³-hybridized carbons (Fsp3) is 0.333. The molecule has 8 heteroatoms. The van der Waals surface area contributed by atoms with Crippen LogP contribution < -0.4 is 9.80 Å². The van der Waals surface area contributed by atoms with Crippen LogP contribution in [0.15, 0.2) is 30.5 Å². The third kappa shape index (κ3) is 2.94. The van der Waals surface area contributed by atoms with Gasteiger partial charge in [0.25, 0.3) is 0 Å². The molecule has 5 heterocycles. The van der Waals surface area contributed by atoms with E-state index in [2.05, 4.69) is 25.8 Å². The molecule has 0 amide bonds. The van der Waals surface area contributed by atoms with E-state index < -0.39 is 0 Å². The Bertz CT molecular complexity index is 1210. The van der Waals surface area contributed by atoms with Gasteiger partial charge in [-0.25, -0.2) is 9.37 Å². The lowest BCUT2D eigenvalue weighted by Gasteiger charge is -2.28. The highest BCUT2D eigenvalue weighted by atomic mass is 32.1. The fourth-order valence-electron chi connectivity index (χ4n) is 4.29. The predicted octanol–water partition coefficient (Wildman–Crippen LogP) is 3.71. The minimum atomic E-state index is -0.183. The number of nitrogens with zero attached hydrogens (tertiary/aromatic N) is 4. The number of anilines is 2. The van der Waals surface area contributed by atoms with Crippen LogP contribution in [0.4, 0.5) is 15.2 Å². The highest BCUT2D eigenvalue weighted by Crippen LogP contribution is 2.34. The molecular weight excluding hydrogens is 389 g/mol. The molecule has 2 aliphatic heterocycles. The maximum Gasteiger partial charge on any atom is 0.188 e. The predicted molar refractivity (Wildman–Crippen MR) is 113 cm³/mol. The summed E-state index contributed by atoms with van der Waals surface area (Å²) in [4.78, 5) is 17.4. The summed E-state index contributed by atoms with van der Waals surface area (Å²) < 4.78 is 20.2. The first kappa shape index (κ1) is 17.2. The third-order valence-corrected chi connectivity index (χ3v) is 6.86. The number of pyridine rings is 1. The Kier molecular flexibility index (Phi) is 3.95. The van der Waals surface area contributed by atoms with Crippen molar-refractivity contribution in [3.63, 3.8) is 0 Å². The SMILES string of the molecule is Fc1ccc2[nH]c3c(c2c1)CCN(c1cnc2nc(N4CCOCC4)sc2c1)C3. The number of H-pyrrole nitrogens is 1. The van der Waals surface area contributed by atoms with Crippen LogP contribution in [0.5, 0.6) is 0 Å². The van der Waals surface area contributed by atoms with Gasteiger partial charge in [0.05, 0.1) is 36.3 Å². The van der Waals surface area contributed by atoms with Gasteiger partial charge in [0.1, 0.15) is 5.82 Å². The first-order valence-corrected chi connectivity index (χ1v) is 10.7. The molecule has 0 spiro atoms. The number of rotatable bonds is 2. The molecule has 0 bridgehead atoms. The third-order valence-electron chi connectivity index (χ3n) is 5.81. The summed E-state index contributed by atoms with van der Waals surface area (Å²) in [5.41, 5.74) is 5.31. The van der Waals surface area contributed by atoms with Crippen LogP contribution in [0.1, 0.15) is 11.3 Å². The average molecular weight is 409 g/mol. The number of benzene rings is 1. The number of aromatic amines is 1. The molecule has 0 aliphatic carbocycles. The van der Waals surface area contributed by atoms with Crippen molar-refractivity contribution >= 4 is 43.4 Å². The molecule has 0 saturated carbocycles. The zero-order chi connectivity index (χ0) is 19.4. The number of fused-ring (bicyclic) bond motifs is 4. The normalized spacial score (nSPS) is 17.3. The van der Waals surface area contributed by atoms with Crippen molar-refractivity contribution in [2.45, 2.75) is 13.0 Å². The largest absolute Gasteiger partial charge is 0.378 e. The highest BCUT2D eigenvalue weighted by Gasteiger charge is 2.22. The number of aromatic nitrogens is 3. The van der Waals surface area contributed by atoms with Gasteiger partial charge in [0, 0.05) is 36.2 Å². The molecule has 148 valence electrons. The first-order valence-electron chi connectivity index (χ1n) is 9.88. The lowest BCUT2D eigenvalue weighted by Crippen LogP contribution is -2.36. The molecule has 0 unspecified atom stereocenters. The molecular formula is C21H20FN5OS. The number of thiazole rings is 1. The van der Waals surface area contributed by atoms with Crippen molar-refractivity contribution < 1.29 is 9.13 Å². The van der Waals surface area contributed by atoms with Gasteiger partial charge >= 0.3 is 0 Å². The Morgan fingerprint density at radius 1 is 1.10 bits per heavy atom. The maximum atomic E-state index is 13.7. The maximum absolute atomic E-state index is 13.7. The van der Waals surface area contributed by atoms with E-state index in [-0.39, 0.29) is 5.82 Å². The van der Waals surface area contributed by atoms with Gasteiger partial charge in [-0.05, 0) is 36.2 Å². The molecule has 1 fully saturated rings. The van der Waals surface area contributed by atoms with E-state index in [1.807, 2.05) is 12.3 Å². The summed E-state index contributed by atoms with van der Waals surface area (Å²) in [7, 11) is 0. The molecule has 1 N–H and O–H groups in total. The molecule has 2 aliphatic rings. The summed E-state index contributed by atoms with van der Waals surface area (Å²) in [6.45, 7) is 4.91. The Morgan fingerprint density at radius 2 is 2.00 bits per heavy atom. The topological polar surface area (TPSA) is 57.3 Å². The van der Waals surface area contributed by atoms with Crippen LogP contribution in [-0.2, 0) is 17.7 Å². The summed E-state index contributed by atoms with van der Waals surface area (Å²) >= 11 is 1.69. The zero-order valence-corrected chi connectivity index (χ0v) is 16.6. The van der Waals surface area contributed by atoms with E-state index in [1.54, 1.807) is 17.4 Å². The average Bonchev–Trinajstić information content (AvgIpc) is 3.34. The van der Waals surface area contributed by atoms with E-state index in [1.165, 1.54) is 11.6 Å². The van der Waals surface area contributed by atoms with Gasteiger partial charge in [-0.3, -0.25) is 0 Å². The molecule has 6 nitrogen and oxygen atoms in total. The minimum Gasteiger partial charge on any atom is -0.378 e. The van der Waals surface area contributed by atoms with Gasteiger partial charge in [-0.2, -0.15) is 4.98 Å². The standard InChI is InChI=1S/C21H20FN5OS/c22-13-1-2-17-16(9-13)15-3-4-27(12-18(15)24-17)14-10-19-20(23-11-14)25-21(29-19)26-5-7-28-8-6-26/h1-2,9-11,24H,3-8,12H2. The lowest BCUT2D eigenvalue weighted by molar-refractivity contribution is 0.122. The zero-order valence-electron chi connectivity index (χ0n) is 15.8. The number of hydrogen-bond acceptors (Lipinski definition) is 6. The monoisotopic (exact) mass is 409 g/mol. The fourth-order valence-corrected chi connectivity index (χ4v) is 5.30. The summed E-state index contributed by atoms with van der Waals surface area (Å²) in [5.74, 6) is -0.183. The molecule has 1 saturated heterocycles. The van der Waals surface area contributed by atoms with Crippen LogP contribution in [0.25, 0.3) is 21.3 Å². The van der Waals surface area contributed by atoms with Gasteiger partial charge < -0.3 is 19.5 Å². The molecule has 29 heavy (non-hydrogen) atoms. The van der Waals surface area contributed by atoms with Crippen LogP contribution >= 0.6 is 11.3 Å². The Morgan fingerprint density at radius 3 is 2.90 bits per heavy atom. The number of halogens is 1. The number of ether oxygens (including phenoxy) is 1. The minimum absolute atomic E-state index is 0.183. The highest BCUT2D eigenvalue weighted by molar-refractivity contribution is 7.22. The van der Waals surface area contributed by atoms with Crippen molar-refractivity contribution in [2.75, 3.05) is 42.6 Å². The van der Waals surface area contributed by atoms with Crippen LogP contribution in [0.3, 0.4) is 0 Å². The van der Waals surface area contributed by atoms with Crippen molar-refractivity contribution in [3.8, 4) is 0 Å². The van der Waals surface area contributed by atoms with Crippen LogP contribution in [0, 0.1) is 5.82 Å². The molecule has 4 aromatic rings. The van der Waals surface area contributed by atoms with Crippen molar-refractivity contribution in [2.24, 2.45) is 0 Å². The summed E-state index contributed by atoms with van der Waals surface area (Å²) in [6, 6.07) is 7.16. The summed E-state index contributed by atoms with van der Waals surface area (Å²) in [6.07, 6.45) is 2.80. The first-order chi connectivity index (χ1) is 14.2. The van der Waals surface area contributed by atoms with Crippen molar-refractivity contribution in [1.29, 1.82) is 0 Å². The van der Waals surface area contributed by atoms with Crippen LogP contribution in [0.2, 0.25) is 0 Å². The second-order valence-electron chi connectivity index (χ2n) is 7.55. The van der Waals surface area contributed by atoms with Gasteiger partial charge in [-0.1, -0.05) is 11.3 Å². The van der Waals surface area contributed by atoms with E-state index in [9.17, 15) is 4.39 Å². The Hall–Kier alpha value is -2.71. The van der Waals surface area contributed by atoms with Gasteiger partial charge in [0.2, 0.25) is 0 Å². The molecule has 0 atom stereocenters. The molecule has 1 aromatic carbocycles. The molecule has 0 radical (unpaired) electrons. The molecule has 3 aromatic heterocycles. The second kappa shape index (κ2) is 6.67. The van der Waals surface area contributed by atoms with Crippen molar-refractivity contribution in [3.05, 3.63) is 47.5 Å². The van der Waals surface area contributed by atoms with Gasteiger partial charge in [0.15, 0.2) is 10.8 Å². The Balaban J connectivity index is 1.30. The van der Waals surface area contributed by atoms with E-state index in [4.69, 9.17) is 9.72 Å². The Labute approximate surface area is 170 Å². The molecule has 6 rings (SSSR count). The van der Waals surface area contributed by atoms with E-state index in [0.717, 1.165) is 83.6 Å². The van der Waals surface area contributed by atoms with E-state index in [0.29, 0.717) is 0 Å².